The number of aromatic nitrogens is 2. The van der Waals surface area contributed by atoms with E-state index in [0.29, 0.717) is 54.6 Å². The minimum atomic E-state index is -0.739. The average Bonchev–Trinajstić information content (AvgIpc) is 3.93. The second kappa shape index (κ2) is 16.5. The van der Waals surface area contributed by atoms with Crippen LogP contribution >= 0.6 is 23.2 Å². The maximum Gasteiger partial charge on any atom is 0.307 e. The predicted octanol–water partition coefficient (Wildman–Crippen LogP) is 6.17. The molecule has 2 aliphatic heterocycles. The van der Waals surface area contributed by atoms with Gasteiger partial charge in [-0.1, -0.05) is 65.7 Å². The lowest BCUT2D eigenvalue weighted by atomic mass is 9.96. The van der Waals surface area contributed by atoms with Gasteiger partial charge in [-0.2, -0.15) is 5.10 Å². The first-order valence-corrected chi connectivity index (χ1v) is 20.3. The number of carbonyl (C=O) groups excluding carboxylic acids is 1. The Bertz CT molecular complexity index is 2200. The number of halogens is 2. The standard InChI is InChI=1S/C41H45Cl2N5O5Si/c1-52-36-16-24(9-10-25(36)21-47-14-13-26(22-47)41(50)51)29-5-3-7-31(40(29)43)30-6-4-8-35-32(30)19-45-48(35)23-28-17-37(53-2)27(15-33(28)42)18-44-20-38(54)34-11-12-39(49)46-34/h3-10,15-17,19,26,34,38,44H,11-14,18,20-23H2,1-2,54H3,(H,46,49)(H,50,51)/t26-,34+,38?/m1/s1. The Balaban J connectivity index is 1.09. The van der Waals surface area contributed by atoms with Gasteiger partial charge in [0.2, 0.25) is 5.91 Å². The molecule has 13 heteroatoms. The maximum absolute atomic E-state index is 11.7. The maximum atomic E-state index is 11.7. The van der Waals surface area contributed by atoms with E-state index >= 15 is 0 Å². The number of rotatable bonds is 14. The number of hydrogen-bond acceptors (Lipinski definition) is 7. The van der Waals surface area contributed by atoms with Gasteiger partial charge in [0.15, 0.2) is 0 Å². The van der Waals surface area contributed by atoms with Crippen LogP contribution in [0.25, 0.3) is 33.2 Å². The van der Waals surface area contributed by atoms with Crippen LogP contribution in [0.1, 0.15) is 36.0 Å². The van der Waals surface area contributed by atoms with Crippen molar-refractivity contribution in [2.75, 3.05) is 33.9 Å². The molecule has 0 radical (unpaired) electrons. The molecule has 54 heavy (non-hydrogen) atoms. The molecule has 0 aliphatic carbocycles. The lowest BCUT2D eigenvalue weighted by Gasteiger charge is -2.20. The Kier molecular flexibility index (Phi) is 11.6. The van der Waals surface area contributed by atoms with Gasteiger partial charge in [-0.25, -0.2) is 0 Å². The summed E-state index contributed by atoms with van der Waals surface area (Å²) in [6.07, 6.45) is 4.06. The number of likely N-dealkylation sites (tertiary alicyclic amines) is 1. The molecule has 0 saturated carbocycles. The zero-order chi connectivity index (χ0) is 37.9. The van der Waals surface area contributed by atoms with Gasteiger partial charge in [-0.15, -0.1) is 0 Å². The second-order valence-electron chi connectivity index (χ2n) is 14.4. The largest absolute Gasteiger partial charge is 0.496 e. The number of hydrogen-bond donors (Lipinski definition) is 3. The minimum Gasteiger partial charge on any atom is -0.496 e. The van der Waals surface area contributed by atoms with Gasteiger partial charge in [-0.3, -0.25) is 19.2 Å². The topological polar surface area (TPSA) is 118 Å². The van der Waals surface area contributed by atoms with Crippen molar-refractivity contribution < 1.29 is 24.2 Å². The highest BCUT2D eigenvalue weighted by molar-refractivity contribution is 6.36. The minimum absolute atomic E-state index is 0.151. The summed E-state index contributed by atoms with van der Waals surface area (Å²) >= 11 is 14.1. The van der Waals surface area contributed by atoms with E-state index in [9.17, 15) is 14.7 Å². The van der Waals surface area contributed by atoms with E-state index in [1.165, 1.54) is 0 Å². The summed E-state index contributed by atoms with van der Waals surface area (Å²) in [5.41, 5.74) is 7.94. The summed E-state index contributed by atoms with van der Waals surface area (Å²) < 4.78 is 13.5. The van der Waals surface area contributed by atoms with Crippen molar-refractivity contribution in [1.82, 2.24) is 25.3 Å². The number of carbonyl (C=O) groups is 2. The average molecular weight is 787 g/mol. The molecule has 2 fully saturated rings. The van der Waals surface area contributed by atoms with E-state index in [1.54, 1.807) is 14.2 Å². The molecule has 2 saturated heterocycles. The molecule has 4 aromatic carbocycles. The summed E-state index contributed by atoms with van der Waals surface area (Å²) in [6, 6.07) is 22.5. The third kappa shape index (κ3) is 8.01. The van der Waals surface area contributed by atoms with Crippen LogP contribution in [0.5, 0.6) is 11.5 Å². The molecule has 3 atom stereocenters. The van der Waals surface area contributed by atoms with Crippen LogP contribution in [0.4, 0.5) is 0 Å². The van der Waals surface area contributed by atoms with Gasteiger partial charge >= 0.3 is 5.97 Å². The highest BCUT2D eigenvalue weighted by atomic mass is 35.5. The number of nitrogens with zero attached hydrogens (tertiary/aromatic N) is 3. The van der Waals surface area contributed by atoms with E-state index in [0.717, 1.165) is 91.1 Å². The third-order valence-corrected chi connectivity index (χ3v) is 12.8. The number of aliphatic carboxylic acids is 1. The molecule has 1 aromatic heterocycles. The number of carboxylic acid groups (broad SMARTS) is 1. The monoisotopic (exact) mass is 785 g/mol. The van der Waals surface area contributed by atoms with Crippen LogP contribution in [-0.4, -0.2) is 81.8 Å². The molecule has 1 unspecified atom stereocenters. The number of amides is 1. The van der Waals surface area contributed by atoms with E-state index in [1.807, 2.05) is 71.5 Å². The van der Waals surface area contributed by atoms with Crippen molar-refractivity contribution >= 4 is 56.2 Å². The molecular weight excluding hydrogens is 741 g/mol. The fourth-order valence-electron chi connectivity index (χ4n) is 7.78. The van der Waals surface area contributed by atoms with E-state index in [-0.39, 0.29) is 17.9 Å². The van der Waals surface area contributed by atoms with Crippen molar-refractivity contribution in [1.29, 1.82) is 0 Å². The summed E-state index contributed by atoms with van der Waals surface area (Å²) in [5.74, 6) is 0.580. The van der Waals surface area contributed by atoms with Gasteiger partial charge in [0.25, 0.3) is 0 Å². The quantitative estimate of drug-likeness (QED) is 0.115. The Morgan fingerprint density at radius 1 is 0.981 bits per heavy atom. The van der Waals surface area contributed by atoms with Gasteiger partial charge in [0.05, 0.1) is 43.4 Å². The summed E-state index contributed by atoms with van der Waals surface area (Å²) in [7, 11) is 4.32. The SMILES string of the molecule is COc1cc(Cn2ncc3c(-c4cccc(-c5ccc(CN6CC[C@@H](C(=O)O)C6)c(OC)c5)c4Cl)cccc32)c(Cl)cc1CNCC([SiH3])[C@@H]1CCC(=O)N1. The van der Waals surface area contributed by atoms with E-state index in [4.69, 9.17) is 37.8 Å². The first-order valence-electron chi connectivity index (χ1n) is 18.3. The van der Waals surface area contributed by atoms with E-state index < -0.39 is 5.97 Å². The molecule has 10 nitrogen and oxygen atoms in total. The van der Waals surface area contributed by atoms with Gasteiger partial charge in [0, 0.05) is 75.0 Å². The molecule has 0 bridgehead atoms. The second-order valence-corrected chi connectivity index (χ2v) is 16.6. The fraction of sp³-hybridized carbons (Fsp3) is 0.341. The molecule has 1 amide bonds. The molecular formula is C41H45Cl2N5O5Si. The Morgan fingerprint density at radius 3 is 2.48 bits per heavy atom. The van der Waals surface area contributed by atoms with Crippen molar-refractivity contribution in [2.45, 2.75) is 50.5 Å². The van der Waals surface area contributed by atoms with Crippen LogP contribution < -0.4 is 20.1 Å². The van der Waals surface area contributed by atoms with Crippen LogP contribution in [0.3, 0.4) is 0 Å². The lowest BCUT2D eigenvalue weighted by Crippen LogP contribution is -2.35. The number of fused-ring (bicyclic) bond motifs is 1. The first kappa shape index (κ1) is 37.9. The predicted molar refractivity (Wildman–Crippen MR) is 217 cm³/mol. The Hall–Kier alpha value is -4.39. The van der Waals surface area contributed by atoms with Crippen LogP contribution in [0, 0.1) is 5.92 Å². The fourth-order valence-corrected chi connectivity index (χ4v) is 9.15. The molecule has 282 valence electrons. The lowest BCUT2D eigenvalue weighted by molar-refractivity contribution is -0.141. The number of methoxy groups -OCH3 is 2. The zero-order valence-electron chi connectivity index (χ0n) is 30.7. The molecule has 3 N–H and O–H groups in total. The highest BCUT2D eigenvalue weighted by Crippen LogP contribution is 2.41. The number of nitrogens with one attached hydrogen (secondary N) is 2. The smallest absolute Gasteiger partial charge is 0.307 e. The molecule has 5 aromatic rings. The number of benzene rings is 4. The zero-order valence-corrected chi connectivity index (χ0v) is 34.2. The van der Waals surface area contributed by atoms with Crippen LogP contribution in [0.15, 0.2) is 72.9 Å². The molecule has 0 spiro atoms. The van der Waals surface area contributed by atoms with Gasteiger partial charge in [0.1, 0.15) is 11.5 Å². The highest BCUT2D eigenvalue weighted by Gasteiger charge is 2.29. The molecule has 3 heterocycles. The van der Waals surface area contributed by atoms with Crippen LogP contribution in [0.2, 0.25) is 15.6 Å². The summed E-state index contributed by atoms with van der Waals surface area (Å²) in [6.45, 7) is 3.79. The van der Waals surface area contributed by atoms with Crippen molar-refractivity contribution in [3.63, 3.8) is 0 Å². The van der Waals surface area contributed by atoms with Crippen molar-refractivity contribution in [3.05, 3.63) is 99.7 Å². The normalized spacial score (nSPS) is 18.0. The Labute approximate surface area is 328 Å². The summed E-state index contributed by atoms with van der Waals surface area (Å²) in [4.78, 5) is 25.3. The third-order valence-electron chi connectivity index (χ3n) is 10.9. The van der Waals surface area contributed by atoms with Crippen molar-refractivity contribution in [2.24, 2.45) is 5.92 Å². The van der Waals surface area contributed by atoms with Crippen molar-refractivity contribution in [3.8, 4) is 33.8 Å². The molecule has 7 rings (SSSR count). The first-order chi connectivity index (χ1) is 26.1. The van der Waals surface area contributed by atoms with Gasteiger partial charge < -0.3 is 25.2 Å². The number of carboxylic acids is 1. The van der Waals surface area contributed by atoms with Crippen LogP contribution in [-0.2, 0) is 29.2 Å². The number of ether oxygens (including phenoxy) is 2. The summed E-state index contributed by atoms with van der Waals surface area (Å²) in [5, 5.41) is 23.1. The molecule has 2 aliphatic rings. The van der Waals surface area contributed by atoms with Gasteiger partial charge in [-0.05, 0) is 72.4 Å². The Morgan fingerprint density at radius 2 is 1.74 bits per heavy atom. The van der Waals surface area contributed by atoms with E-state index in [2.05, 4.69) is 21.6 Å².